The van der Waals surface area contributed by atoms with E-state index in [1.807, 2.05) is 19.2 Å². The molecule has 0 aliphatic rings. The number of hydrogen-bond donors (Lipinski definition) is 3. The Kier molecular flexibility index (Phi) is 4.54. The third-order valence-electron chi connectivity index (χ3n) is 3.15. The molecule has 1 aromatic carbocycles. The molecule has 0 spiro atoms. The highest BCUT2D eigenvalue weighted by molar-refractivity contribution is 7.09. The summed E-state index contributed by atoms with van der Waals surface area (Å²) in [5.74, 6) is -0.733. The number of amidine groups is 1. The second-order valence-corrected chi connectivity index (χ2v) is 5.97. The molecule has 0 aliphatic heterocycles. The second-order valence-electron chi connectivity index (χ2n) is 5.08. The number of nitrogens with one attached hydrogen (secondary N) is 1. The van der Waals surface area contributed by atoms with Gasteiger partial charge in [-0.15, -0.1) is 11.3 Å². The molecule has 0 atom stereocenters. The van der Waals surface area contributed by atoms with Crippen molar-refractivity contribution in [3.63, 3.8) is 0 Å². The summed E-state index contributed by atoms with van der Waals surface area (Å²) in [5.41, 5.74) is 5.62. The third-order valence-corrected chi connectivity index (χ3v) is 4.25. The summed E-state index contributed by atoms with van der Waals surface area (Å²) in [5, 5.41) is 17.6. The first kappa shape index (κ1) is 15.4. The van der Waals surface area contributed by atoms with Gasteiger partial charge in [0.05, 0.1) is 11.1 Å². The van der Waals surface area contributed by atoms with Crippen molar-refractivity contribution >= 4 is 17.2 Å². The number of nitrogens with zero attached hydrogens (tertiary/aromatic N) is 2. The lowest BCUT2D eigenvalue weighted by atomic mass is 10.0. The molecule has 0 aliphatic carbocycles. The Morgan fingerprint density at radius 2 is 2.29 bits per heavy atom. The van der Waals surface area contributed by atoms with Crippen LogP contribution in [0, 0.1) is 5.82 Å². The SMILES string of the molecule is CC(C)(NCc1cccc(/C(N)=N/O)c1F)c1nccs1. The van der Waals surface area contributed by atoms with Crippen molar-refractivity contribution in [2.45, 2.75) is 25.9 Å². The van der Waals surface area contributed by atoms with Crippen LogP contribution in [0.15, 0.2) is 34.9 Å². The van der Waals surface area contributed by atoms with E-state index in [-0.39, 0.29) is 16.9 Å². The predicted molar refractivity (Wildman–Crippen MR) is 80.9 cm³/mol. The minimum atomic E-state index is -0.491. The van der Waals surface area contributed by atoms with Crippen LogP contribution in [0.1, 0.15) is 30.0 Å². The zero-order valence-electron chi connectivity index (χ0n) is 11.8. The number of oxime groups is 1. The van der Waals surface area contributed by atoms with Gasteiger partial charge in [-0.25, -0.2) is 9.37 Å². The molecule has 21 heavy (non-hydrogen) atoms. The number of hydrogen-bond acceptors (Lipinski definition) is 5. The second kappa shape index (κ2) is 6.19. The summed E-state index contributed by atoms with van der Waals surface area (Å²) in [6.07, 6.45) is 1.74. The minimum absolute atomic E-state index is 0.0869. The first-order valence-electron chi connectivity index (χ1n) is 6.36. The number of rotatable bonds is 5. The Morgan fingerprint density at radius 3 is 2.90 bits per heavy atom. The van der Waals surface area contributed by atoms with Gasteiger partial charge >= 0.3 is 0 Å². The zero-order valence-corrected chi connectivity index (χ0v) is 12.6. The molecule has 0 amide bonds. The van der Waals surface area contributed by atoms with Crippen LogP contribution in [0.4, 0.5) is 4.39 Å². The van der Waals surface area contributed by atoms with Gasteiger partial charge in [-0.05, 0) is 19.9 Å². The molecule has 2 rings (SSSR count). The summed E-state index contributed by atoms with van der Waals surface area (Å²) in [6.45, 7) is 4.28. The lowest BCUT2D eigenvalue weighted by Gasteiger charge is -2.24. The first-order chi connectivity index (χ1) is 9.95. The van der Waals surface area contributed by atoms with E-state index in [1.54, 1.807) is 29.7 Å². The van der Waals surface area contributed by atoms with Crippen LogP contribution in [-0.4, -0.2) is 16.0 Å². The van der Waals surface area contributed by atoms with Crippen molar-refractivity contribution in [2.24, 2.45) is 10.9 Å². The maximum absolute atomic E-state index is 14.3. The Balaban J connectivity index is 2.18. The summed E-state index contributed by atoms with van der Waals surface area (Å²) < 4.78 is 14.3. The maximum atomic E-state index is 14.3. The van der Waals surface area contributed by atoms with E-state index in [0.717, 1.165) is 5.01 Å². The van der Waals surface area contributed by atoms with E-state index in [9.17, 15) is 4.39 Å². The normalized spacial score (nSPS) is 12.6. The van der Waals surface area contributed by atoms with Crippen molar-refractivity contribution in [3.05, 3.63) is 51.7 Å². The highest BCUT2D eigenvalue weighted by atomic mass is 32.1. The van der Waals surface area contributed by atoms with Crippen LogP contribution in [0.25, 0.3) is 0 Å². The van der Waals surface area contributed by atoms with Crippen LogP contribution in [0.5, 0.6) is 0 Å². The molecule has 1 aromatic heterocycles. The number of nitrogens with two attached hydrogens (primary N) is 1. The van der Waals surface area contributed by atoms with Crippen molar-refractivity contribution in [1.29, 1.82) is 0 Å². The fourth-order valence-electron chi connectivity index (χ4n) is 1.89. The predicted octanol–water partition coefficient (Wildman–Crippen LogP) is 2.40. The average Bonchev–Trinajstić information content (AvgIpc) is 3.00. The van der Waals surface area contributed by atoms with Crippen molar-refractivity contribution in [1.82, 2.24) is 10.3 Å². The van der Waals surface area contributed by atoms with E-state index in [1.165, 1.54) is 6.07 Å². The van der Waals surface area contributed by atoms with Gasteiger partial charge in [0.15, 0.2) is 5.84 Å². The maximum Gasteiger partial charge on any atom is 0.173 e. The minimum Gasteiger partial charge on any atom is -0.409 e. The van der Waals surface area contributed by atoms with E-state index in [2.05, 4.69) is 15.5 Å². The van der Waals surface area contributed by atoms with Crippen molar-refractivity contribution < 1.29 is 9.60 Å². The first-order valence-corrected chi connectivity index (χ1v) is 7.24. The lowest BCUT2D eigenvalue weighted by molar-refractivity contribution is 0.318. The Bertz CT molecular complexity index is 640. The van der Waals surface area contributed by atoms with Gasteiger partial charge in [-0.2, -0.15) is 0 Å². The summed E-state index contributed by atoms with van der Waals surface area (Å²) in [4.78, 5) is 4.27. The van der Waals surface area contributed by atoms with E-state index in [4.69, 9.17) is 10.9 Å². The summed E-state index contributed by atoms with van der Waals surface area (Å²) in [7, 11) is 0. The summed E-state index contributed by atoms with van der Waals surface area (Å²) >= 11 is 1.54. The fourth-order valence-corrected chi connectivity index (χ4v) is 2.63. The quantitative estimate of drug-likeness (QED) is 0.343. The van der Waals surface area contributed by atoms with Gasteiger partial charge in [-0.1, -0.05) is 17.3 Å². The molecule has 4 N–H and O–H groups in total. The van der Waals surface area contributed by atoms with Gasteiger partial charge in [0, 0.05) is 23.7 Å². The number of thiazole rings is 1. The van der Waals surface area contributed by atoms with Crippen molar-refractivity contribution in [3.8, 4) is 0 Å². The molecular formula is C14H17FN4OS. The van der Waals surface area contributed by atoms with Gasteiger partial charge in [0.25, 0.3) is 0 Å². The highest BCUT2D eigenvalue weighted by Crippen LogP contribution is 2.23. The van der Waals surface area contributed by atoms with Crippen LogP contribution in [-0.2, 0) is 12.1 Å². The molecular weight excluding hydrogens is 291 g/mol. The smallest absolute Gasteiger partial charge is 0.173 e. The molecule has 7 heteroatoms. The molecule has 0 radical (unpaired) electrons. The van der Waals surface area contributed by atoms with E-state index >= 15 is 0 Å². The molecule has 2 aromatic rings. The van der Waals surface area contributed by atoms with Crippen LogP contribution >= 0.6 is 11.3 Å². The van der Waals surface area contributed by atoms with Gasteiger partial charge in [-0.3, -0.25) is 0 Å². The van der Waals surface area contributed by atoms with E-state index in [0.29, 0.717) is 12.1 Å². The van der Waals surface area contributed by atoms with Crippen LogP contribution < -0.4 is 11.1 Å². The number of aromatic nitrogens is 1. The van der Waals surface area contributed by atoms with E-state index < -0.39 is 5.82 Å². The van der Waals surface area contributed by atoms with Crippen LogP contribution in [0.2, 0.25) is 0 Å². The van der Waals surface area contributed by atoms with Crippen molar-refractivity contribution in [2.75, 3.05) is 0 Å². The zero-order chi connectivity index (χ0) is 15.5. The molecule has 112 valence electrons. The largest absolute Gasteiger partial charge is 0.409 e. The Hall–Kier alpha value is -1.99. The molecule has 1 heterocycles. The number of halogens is 1. The molecule has 0 bridgehead atoms. The monoisotopic (exact) mass is 308 g/mol. The molecule has 0 saturated carbocycles. The topological polar surface area (TPSA) is 83.5 Å². The van der Waals surface area contributed by atoms with Gasteiger partial charge in [0.2, 0.25) is 0 Å². The molecule has 0 fully saturated rings. The highest BCUT2D eigenvalue weighted by Gasteiger charge is 2.23. The van der Waals surface area contributed by atoms with Gasteiger partial charge < -0.3 is 16.3 Å². The fraction of sp³-hybridized carbons (Fsp3) is 0.286. The van der Waals surface area contributed by atoms with Gasteiger partial charge in [0.1, 0.15) is 10.8 Å². The number of benzene rings is 1. The third kappa shape index (κ3) is 3.37. The molecule has 5 nitrogen and oxygen atoms in total. The average molecular weight is 308 g/mol. The Labute approximate surface area is 126 Å². The Morgan fingerprint density at radius 1 is 1.52 bits per heavy atom. The lowest BCUT2D eigenvalue weighted by Crippen LogP contribution is -2.36. The molecule has 0 unspecified atom stereocenters. The van der Waals surface area contributed by atoms with Crippen LogP contribution in [0.3, 0.4) is 0 Å². The summed E-state index contributed by atoms with van der Waals surface area (Å²) in [6, 6.07) is 4.80. The standard InChI is InChI=1S/C14H17FN4OS/c1-14(2,13-17-6-7-21-13)18-8-9-4-3-5-10(11(9)15)12(16)19-20/h3-7,18,20H,8H2,1-2H3,(H2,16,19). The molecule has 0 saturated heterocycles.